The SMILES string of the molecule is CO[C@@H]1COC(C)[C@H](OC)[C@H]1O. The molecule has 12 heavy (non-hydrogen) atoms. The van der Waals surface area contributed by atoms with E-state index in [4.69, 9.17) is 14.2 Å². The third-order valence-electron chi connectivity index (χ3n) is 2.28. The maximum Gasteiger partial charge on any atom is 0.111 e. The first kappa shape index (κ1) is 9.92. The van der Waals surface area contributed by atoms with Crippen LogP contribution >= 0.6 is 0 Å². The molecule has 1 heterocycles. The first-order chi connectivity index (χ1) is 5.70. The average Bonchev–Trinajstić information content (AvgIpc) is 2.06. The topological polar surface area (TPSA) is 47.9 Å². The lowest BCUT2D eigenvalue weighted by Crippen LogP contribution is -2.53. The molecule has 0 aliphatic carbocycles. The summed E-state index contributed by atoms with van der Waals surface area (Å²) in [4.78, 5) is 0. The van der Waals surface area contributed by atoms with Gasteiger partial charge in [0.15, 0.2) is 0 Å². The molecule has 0 amide bonds. The molecule has 0 aromatic heterocycles. The number of hydrogen-bond donors (Lipinski definition) is 1. The second-order valence-corrected chi connectivity index (χ2v) is 3.00. The predicted octanol–water partition coefficient (Wildman–Crippen LogP) is -0.204. The zero-order chi connectivity index (χ0) is 9.14. The minimum absolute atomic E-state index is 0.0728. The van der Waals surface area contributed by atoms with E-state index in [-0.39, 0.29) is 18.3 Å². The molecular weight excluding hydrogens is 160 g/mol. The molecule has 1 fully saturated rings. The van der Waals surface area contributed by atoms with Gasteiger partial charge in [-0.2, -0.15) is 0 Å². The van der Waals surface area contributed by atoms with E-state index in [9.17, 15) is 5.11 Å². The van der Waals surface area contributed by atoms with Gasteiger partial charge in [-0.05, 0) is 6.92 Å². The van der Waals surface area contributed by atoms with Crippen LogP contribution in [0.15, 0.2) is 0 Å². The molecule has 4 nitrogen and oxygen atoms in total. The Morgan fingerprint density at radius 2 is 2.00 bits per heavy atom. The van der Waals surface area contributed by atoms with Crippen LogP contribution in [0.1, 0.15) is 6.92 Å². The summed E-state index contributed by atoms with van der Waals surface area (Å²) in [5.41, 5.74) is 0. The molecule has 0 bridgehead atoms. The molecule has 72 valence electrons. The molecule has 1 aliphatic rings. The molecule has 0 spiro atoms. The third kappa shape index (κ3) is 1.77. The highest BCUT2D eigenvalue weighted by Gasteiger charge is 2.37. The van der Waals surface area contributed by atoms with Gasteiger partial charge in [-0.15, -0.1) is 0 Å². The Labute approximate surface area is 72.4 Å². The normalized spacial score (nSPS) is 43.0. The van der Waals surface area contributed by atoms with Gasteiger partial charge >= 0.3 is 0 Å². The molecule has 1 aliphatic heterocycles. The van der Waals surface area contributed by atoms with Gasteiger partial charge in [0.1, 0.15) is 18.3 Å². The summed E-state index contributed by atoms with van der Waals surface area (Å²) in [6.45, 7) is 2.31. The fourth-order valence-corrected chi connectivity index (χ4v) is 1.47. The van der Waals surface area contributed by atoms with Gasteiger partial charge in [-0.3, -0.25) is 0 Å². The van der Waals surface area contributed by atoms with Crippen LogP contribution in [0.4, 0.5) is 0 Å². The Morgan fingerprint density at radius 3 is 2.50 bits per heavy atom. The van der Waals surface area contributed by atoms with Crippen molar-refractivity contribution in [2.24, 2.45) is 0 Å². The summed E-state index contributed by atoms with van der Waals surface area (Å²) in [6, 6.07) is 0. The van der Waals surface area contributed by atoms with E-state index in [0.717, 1.165) is 0 Å². The van der Waals surface area contributed by atoms with Gasteiger partial charge in [0.2, 0.25) is 0 Å². The van der Waals surface area contributed by atoms with Crippen LogP contribution in [0.25, 0.3) is 0 Å². The molecule has 4 heteroatoms. The van der Waals surface area contributed by atoms with Crippen LogP contribution in [0.2, 0.25) is 0 Å². The number of aliphatic hydroxyl groups is 1. The molecule has 4 atom stereocenters. The zero-order valence-electron chi connectivity index (χ0n) is 7.69. The van der Waals surface area contributed by atoms with Gasteiger partial charge in [0.05, 0.1) is 12.7 Å². The molecule has 0 aromatic rings. The van der Waals surface area contributed by atoms with Crippen molar-refractivity contribution in [1.82, 2.24) is 0 Å². The molecule has 0 radical (unpaired) electrons. The number of hydrogen-bond acceptors (Lipinski definition) is 4. The summed E-state index contributed by atoms with van der Waals surface area (Å²) < 4.78 is 15.5. The van der Waals surface area contributed by atoms with Gasteiger partial charge < -0.3 is 19.3 Å². The van der Waals surface area contributed by atoms with Crippen molar-refractivity contribution in [2.45, 2.75) is 31.3 Å². The predicted molar refractivity (Wildman–Crippen MR) is 43.0 cm³/mol. The molecule has 1 saturated heterocycles. The highest BCUT2D eigenvalue weighted by atomic mass is 16.6. The lowest BCUT2D eigenvalue weighted by Gasteiger charge is -2.37. The summed E-state index contributed by atoms with van der Waals surface area (Å²) >= 11 is 0. The first-order valence-corrected chi connectivity index (χ1v) is 4.06. The first-order valence-electron chi connectivity index (χ1n) is 4.06. The van der Waals surface area contributed by atoms with Gasteiger partial charge in [0, 0.05) is 14.2 Å². The highest BCUT2D eigenvalue weighted by molar-refractivity contribution is 4.86. The Balaban J connectivity index is 2.56. The quantitative estimate of drug-likeness (QED) is 0.632. The second-order valence-electron chi connectivity index (χ2n) is 3.00. The zero-order valence-corrected chi connectivity index (χ0v) is 7.69. The van der Waals surface area contributed by atoms with E-state index >= 15 is 0 Å². The van der Waals surface area contributed by atoms with Crippen molar-refractivity contribution in [3.05, 3.63) is 0 Å². The van der Waals surface area contributed by atoms with E-state index < -0.39 is 6.10 Å². The van der Waals surface area contributed by atoms with Crippen molar-refractivity contribution in [2.75, 3.05) is 20.8 Å². The van der Waals surface area contributed by atoms with Crippen LogP contribution < -0.4 is 0 Å². The van der Waals surface area contributed by atoms with Crippen LogP contribution in [-0.4, -0.2) is 50.3 Å². The van der Waals surface area contributed by atoms with Crippen LogP contribution in [0.5, 0.6) is 0 Å². The summed E-state index contributed by atoms with van der Waals surface area (Å²) in [6.07, 6.45) is -1.23. The standard InChI is InChI=1S/C8H16O4/c1-5-8(11-3)7(9)6(10-2)4-12-5/h5-9H,4H2,1-3H3/t5?,6-,7+,8+/m1/s1. The summed E-state index contributed by atoms with van der Waals surface area (Å²) in [5.74, 6) is 0. The van der Waals surface area contributed by atoms with Crippen molar-refractivity contribution in [1.29, 1.82) is 0 Å². The number of methoxy groups -OCH3 is 2. The lowest BCUT2D eigenvalue weighted by molar-refractivity contribution is -0.198. The van der Waals surface area contributed by atoms with E-state index in [1.54, 1.807) is 14.2 Å². The summed E-state index contributed by atoms with van der Waals surface area (Å²) in [7, 11) is 3.12. The van der Waals surface area contributed by atoms with E-state index in [2.05, 4.69) is 0 Å². The van der Waals surface area contributed by atoms with E-state index in [0.29, 0.717) is 6.61 Å². The molecule has 0 saturated carbocycles. The highest BCUT2D eigenvalue weighted by Crippen LogP contribution is 2.19. The minimum Gasteiger partial charge on any atom is -0.387 e. The van der Waals surface area contributed by atoms with Crippen molar-refractivity contribution >= 4 is 0 Å². The second kappa shape index (κ2) is 4.18. The Hall–Kier alpha value is -0.160. The Kier molecular flexibility index (Phi) is 3.46. The maximum absolute atomic E-state index is 9.67. The van der Waals surface area contributed by atoms with E-state index in [1.807, 2.05) is 6.92 Å². The average molecular weight is 176 g/mol. The van der Waals surface area contributed by atoms with Crippen molar-refractivity contribution in [3.8, 4) is 0 Å². The lowest BCUT2D eigenvalue weighted by atomic mass is 10.0. The van der Waals surface area contributed by atoms with E-state index in [1.165, 1.54) is 0 Å². The molecular formula is C8H16O4. The van der Waals surface area contributed by atoms with Crippen LogP contribution in [0, 0.1) is 0 Å². The number of rotatable bonds is 2. The number of ether oxygens (including phenoxy) is 3. The smallest absolute Gasteiger partial charge is 0.111 e. The number of aliphatic hydroxyl groups excluding tert-OH is 1. The fraction of sp³-hybridized carbons (Fsp3) is 1.00. The molecule has 0 aromatic carbocycles. The van der Waals surface area contributed by atoms with Crippen LogP contribution in [-0.2, 0) is 14.2 Å². The van der Waals surface area contributed by atoms with Gasteiger partial charge in [-0.25, -0.2) is 0 Å². The largest absolute Gasteiger partial charge is 0.387 e. The Bertz CT molecular complexity index is 139. The van der Waals surface area contributed by atoms with Crippen molar-refractivity contribution in [3.63, 3.8) is 0 Å². The van der Waals surface area contributed by atoms with Crippen LogP contribution in [0.3, 0.4) is 0 Å². The molecule has 1 unspecified atom stereocenters. The molecule has 1 N–H and O–H groups in total. The monoisotopic (exact) mass is 176 g/mol. The van der Waals surface area contributed by atoms with Gasteiger partial charge in [0.25, 0.3) is 0 Å². The Morgan fingerprint density at radius 1 is 1.33 bits per heavy atom. The summed E-state index contributed by atoms with van der Waals surface area (Å²) in [5, 5.41) is 9.67. The van der Waals surface area contributed by atoms with Gasteiger partial charge in [-0.1, -0.05) is 0 Å². The minimum atomic E-state index is -0.594. The maximum atomic E-state index is 9.67. The fourth-order valence-electron chi connectivity index (χ4n) is 1.47. The third-order valence-corrected chi connectivity index (χ3v) is 2.28. The van der Waals surface area contributed by atoms with Crippen molar-refractivity contribution < 1.29 is 19.3 Å². The molecule has 1 rings (SSSR count).